The molecule has 1 aromatic rings. The Hall–Kier alpha value is -1.03. The summed E-state index contributed by atoms with van der Waals surface area (Å²) in [7, 11) is -7.39. The minimum atomic E-state index is -3.72. The molecule has 0 bridgehead atoms. The molecular weight excluding hydrogens is 254 g/mol. The standard InChI is InChI=1S/C7H11N3O4S2/c8-15(11,12)5-4-10-16(13,14)7-2-1-3-9-6-7/h1-3,6,10H,4-5H2,(H2,8,11,12). The largest absolute Gasteiger partial charge is 0.263 e. The van der Waals surface area contributed by atoms with Crippen LogP contribution in [-0.2, 0) is 20.0 Å². The van der Waals surface area contributed by atoms with Crippen molar-refractivity contribution in [3.63, 3.8) is 0 Å². The molecule has 1 rings (SSSR count). The first-order valence-corrected chi connectivity index (χ1v) is 7.41. The zero-order valence-corrected chi connectivity index (χ0v) is 9.83. The van der Waals surface area contributed by atoms with Crippen LogP contribution < -0.4 is 9.86 Å². The van der Waals surface area contributed by atoms with E-state index >= 15 is 0 Å². The Morgan fingerprint density at radius 2 is 2.00 bits per heavy atom. The molecular formula is C7H11N3O4S2. The summed E-state index contributed by atoms with van der Waals surface area (Å²) >= 11 is 0. The van der Waals surface area contributed by atoms with E-state index in [4.69, 9.17) is 5.14 Å². The summed E-state index contributed by atoms with van der Waals surface area (Å²) in [5.41, 5.74) is 0. The van der Waals surface area contributed by atoms with Crippen molar-refractivity contribution in [3.05, 3.63) is 24.5 Å². The van der Waals surface area contributed by atoms with Crippen LogP contribution in [0, 0.1) is 0 Å². The SMILES string of the molecule is NS(=O)(=O)CCNS(=O)(=O)c1cccnc1. The lowest BCUT2D eigenvalue weighted by molar-refractivity contribution is 0.581. The molecule has 0 amide bonds. The van der Waals surface area contributed by atoms with Gasteiger partial charge in [-0.2, -0.15) is 0 Å². The third-order valence-electron chi connectivity index (χ3n) is 1.62. The second-order valence-corrected chi connectivity index (χ2v) is 6.45. The molecule has 16 heavy (non-hydrogen) atoms. The lowest BCUT2D eigenvalue weighted by Crippen LogP contribution is -2.31. The Bertz CT molecular complexity index is 538. The highest BCUT2D eigenvalue weighted by molar-refractivity contribution is 7.90. The number of nitrogens with zero attached hydrogens (tertiary/aromatic N) is 1. The second-order valence-electron chi connectivity index (χ2n) is 2.95. The zero-order chi connectivity index (χ0) is 12.2. The van der Waals surface area contributed by atoms with Crippen LogP contribution in [0.3, 0.4) is 0 Å². The molecule has 3 N–H and O–H groups in total. The monoisotopic (exact) mass is 265 g/mol. The maximum absolute atomic E-state index is 11.5. The number of sulfonamides is 2. The number of hydrogen-bond acceptors (Lipinski definition) is 5. The molecule has 0 saturated heterocycles. The smallest absolute Gasteiger partial charge is 0.242 e. The predicted molar refractivity (Wildman–Crippen MR) is 57.4 cm³/mol. The number of pyridine rings is 1. The first-order valence-electron chi connectivity index (χ1n) is 4.21. The molecule has 90 valence electrons. The van der Waals surface area contributed by atoms with Gasteiger partial charge in [0, 0.05) is 18.9 Å². The van der Waals surface area contributed by atoms with Crippen molar-refractivity contribution in [3.8, 4) is 0 Å². The quantitative estimate of drug-likeness (QED) is 0.682. The summed E-state index contributed by atoms with van der Waals surface area (Å²) in [5, 5.41) is 4.73. The Kier molecular flexibility index (Phi) is 3.97. The molecule has 0 spiro atoms. The highest BCUT2D eigenvalue weighted by Gasteiger charge is 2.14. The van der Waals surface area contributed by atoms with Gasteiger partial charge in [-0.15, -0.1) is 0 Å². The number of nitrogens with one attached hydrogen (secondary N) is 1. The van der Waals surface area contributed by atoms with Crippen molar-refractivity contribution in [2.45, 2.75) is 4.90 Å². The molecule has 0 aromatic carbocycles. The summed E-state index contributed by atoms with van der Waals surface area (Å²) in [4.78, 5) is 3.62. The summed E-state index contributed by atoms with van der Waals surface area (Å²) in [6.07, 6.45) is 2.60. The number of nitrogens with two attached hydrogens (primary N) is 1. The van der Waals surface area contributed by atoms with E-state index in [0.29, 0.717) is 0 Å². The van der Waals surface area contributed by atoms with Gasteiger partial charge < -0.3 is 0 Å². The van der Waals surface area contributed by atoms with E-state index in [0.717, 1.165) is 0 Å². The highest BCUT2D eigenvalue weighted by atomic mass is 32.2. The summed E-state index contributed by atoms with van der Waals surface area (Å²) in [5.74, 6) is -0.452. The van der Waals surface area contributed by atoms with Crippen molar-refractivity contribution in [1.29, 1.82) is 0 Å². The number of primary sulfonamides is 1. The predicted octanol–water partition coefficient (Wildman–Crippen LogP) is -1.35. The minimum Gasteiger partial charge on any atom is -0.263 e. The van der Waals surface area contributed by atoms with E-state index in [-0.39, 0.29) is 11.4 Å². The fraction of sp³-hybridized carbons (Fsp3) is 0.286. The molecule has 0 aliphatic rings. The van der Waals surface area contributed by atoms with Crippen LogP contribution in [0.5, 0.6) is 0 Å². The average molecular weight is 265 g/mol. The van der Waals surface area contributed by atoms with Crippen LogP contribution in [0.2, 0.25) is 0 Å². The minimum absolute atomic E-state index is 0.0237. The Morgan fingerprint density at radius 3 is 2.50 bits per heavy atom. The van der Waals surface area contributed by atoms with Gasteiger partial charge in [0.25, 0.3) is 0 Å². The molecule has 9 heteroatoms. The maximum Gasteiger partial charge on any atom is 0.242 e. The first kappa shape index (κ1) is 13.0. The van der Waals surface area contributed by atoms with E-state index < -0.39 is 25.8 Å². The lowest BCUT2D eigenvalue weighted by atomic mass is 10.5. The summed E-state index contributed by atoms with van der Waals surface area (Å²) in [6.45, 7) is -0.268. The van der Waals surface area contributed by atoms with Gasteiger partial charge in [0.15, 0.2) is 0 Å². The molecule has 0 saturated carbocycles. The molecule has 1 aromatic heterocycles. The van der Waals surface area contributed by atoms with Crippen molar-refractivity contribution < 1.29 is 16.8 Å². The van der Waals surface area contributed by atoms with Gasteiger partial charge in [0.05, 0.1) is 5.75 Å². The van der Waals surface area contributed by atoms with Crippen LogP contribution in [0.4, 0.5) is 0 Å². The average Bonchev–Trinajstić information content (AvgIpc) is 2.17. The number of aromatic nitrogens is 1. The summed E-state index contributed by atoms with van der Waals surface area (Å²) in [6, 6.07) is 2.82. The third kappa shape index (κ3) is 4.23. The molecule has 0 aliphatic carbocycles. The van der Waals surface area contributed by atoms with Gasteiger partial charge in [-0.3, -0.25) is 4.98 Å². The fourth-order valence-electron chi connectivity index (χ4n) is 0.908. The zero-order valence-electron chi connectivity index (χ0n) is 8.20. The second kappa shape index (κ2) is 4.87. The van der Waals surface area contributed by atoms with Crippen molar-refractivity contribution in [2.75, 3.05) is 12.3 Å². The van der Waals surface area contributed by atoms with Crippen molar-refractivity contribution >= 4 is 20.0 Å². The summed E-state index contributed by atoms with van der Waals surface area (Å²) < 4.78 is 46.3. The number of hydrogen-bond donors (Lipinski definition) is 2. The van der Waals surface area contributed by atoms with Gasteiger partial charge in [-0.05, 0) is 12.1 Å². The van der Waals surface area contributed by atoms with Crippen LogP contribution in [0.1, 0.15) is 0 Å². The molecule has 0 radical (unpaired) electrons. The van der Waals surface area contributed by atoms with Crippen molar-refractivity contribution in [1.82, 2.24) is 9.71 Å². The third-order valence-corrected chi connectivity index (χ3v) is 3.84. The fourth-order valence-corrected chi connectivity index (χ4v) is 2.42. The van der Waals surface area contributed by atoms with Crippen LogP contribution in [-0.4, -0.2) is 34.1 Å². The number of rotatable bonds is 5. The van der Waals surface area contributed by atoms with E-state index in [1.165, 1.54) is 24.5 Å². The Balaban J connectivity index is 2.68. The van der Waals surface area contributed by atoms with Gasteiger partial charge in [-0.25, -0.2) is 26.7 Å². The van der Waals surface area contributed by atoms with Gasteiger partial charge in [-0.1, -0.05) is 0 Å². The molecule has 0 unspecified atom stereocenters. The molecule has 0 fully saturated rings. The first-order chi connectivity index (χ1) is 7.31. The van der Waals surface area contributed by atoms with Gasteiger partial charge in [0.1, 0.15) is 4.90 Å². The molecule has 1 heterocycles. The van der Waals surface area contributed by atoms with Crippen molar-refractivity contribution in [2.24, 2.45) is 5.14 Å². The maximum atomic E-state index is 11.5. The van der Waals surface area contributed by atoms with Crippen LogP contribution in [0.25, 0.3) is 0 Å². The Morgan fingerprint density at radius 1 is 1.31 bits per heavy atom. The highest BCUT2D eigenvalue weighted by Crippen LogP contribution is 2.04. The normalized spacial score (nSPS) is 12.6. The lowest BCUT2D eigenvalue weighted by Gasteiger charge is -2.04. The molecule has 0 aliphatic heterocycles. The molecule has 0 atom stereocenters. The van der Waals surface area contributed by atoms with Crippen LogP contribution in [0.15, 0.2) is 29.4 Å². The van der Waals surface area contributed by atoms with Gasteiger partial charge in [0.2, 0.25) is 20.0 Å². The van der Waals surface area contributed by atoms with Crippen LogP contribution >= 0.6 is 0 Å². The Labute approximate surface area is 93.8 Å². The van der Waals surface area contributed by atoms with E-state index in [1.807, 2.05) is 0 Å². The van der Waals surface area contributed by atoms with Gasteiger partial charge >= 0.3 is 0 Å². The van der Waals surface area contributed by atoms with E-state index in [9.17, 15) is 16.8 Å². The van der Waals surface area contributed by atoms with E-state index in [1.54, 1.807) is 0 Å². The van der Waals surface area contributed by atoms with E-state index in [2.05, 4.69) is 9.71 Å². The molecule has 7 nitrogen and oxygen atoms in total. The topological polar surface area (TPSA) is 119 Å².